The zero-order chi connectivity index (χ0) is 14.8. The minimum atomic E-state index is -3.73. The monoisotopic (exact) mass is 296 g/mol. The van der Waals surface area contributed by atoms with Gasteiger partial charge >= 0.3 is 0 Å². The number of aromatic nitrogens is 4. The summed E-state index contributed by atoms with van der Waals surface area (Å²) >= 11 is 0. The third-order valence-corrected chi connectivity index (χ3v) is 3.73. The van der Waals surface area contributed by atoms with E-state index in [1.54, 1.807) is 10.9 Å². The Balaban J connectivity index is 2.16. The predicted octanol–water partition coefficient (Wildman–Crippen LogP) is 0.712. The van der Waals surface area contributed by atoms with Crippen LogP contribution in [0.25, 0.3) is 0 Å². The minimum absolute atomic E-state index is 0.0219. The van der Waals surface area contributed by atoms with Gasteiger partial charge in [0.2, 0.25) is 5.95 Å². The molecule has 2 aromatic heterocycles. The largest absolute Gasteiger partial charge is 0.368 e. The molecular weight excluding hydrogens is 280 g/mol. The summed E-state index contributed by atoms with van der Waals surface area (Å²) in [6.45, 7) is 4.82. The van der Waals surface area contributed by atoms with E-state index >= 15 is 0 Å². The van der Waals surface area contributed by atoms with E-state index in [1.807, 2.05) is 0 Å². The molecule has 20 heavy (non-hydrogen) atoms. The van der Waals surface area contributed by atoms with E-state index in [1.165, 1.54) is 6.20 Å². The Morgan fingerprint density at radius 3 is 2.55 bits per heavy atom. The van der Waals surface area contributed by atoms with Gasteiger partial charge in [-0.25, -0.2) is 18.4 Å². The summed E-state index contributed by atoms with van der Waals surface area (Å²) in [5.74, 6) is 0.443. The number of sulfonamides is 1. The van der Waals surface area contributed by atoms with Crippen molar-refractivity contribution in [3.63, 3.8) is 0 Å². The van der Waals surface area contributed by atoms with Gasteiger partial charge < -0.3 is 5.73 Å². The fourth-order valence-corrected chi connectivity index (χ4v) is 2.49. The second-order valence-corrected chi connectivity index (χ2v) is 6.41. The fraction of sp³-hybridized carbons (Fsp3) is 0.364. The summed E-state index contributed by atoms with van der Waals surface area (Å²) in [7, 11) is -3.73. The number of nitrogens with one attached hydrogen (secondary N) is 1. The van der Waals surface area contributed by atoms with Crippen LogP contribution in [-0.2, 0) is 16.6 Å². The average Bonchev–Trinajstić information content (AvgIpc) is 2.75. The molecule has 0 bridgehead atoms. The van der Waals surface area contributed by atoms with Crippen molar-refractivity contribution < 1.29 is 8.42 Å². The van der Waals surface area contributed by atoms with Crippen molar-refractivity contribution in [3.8, 4) is 0 Å². The summed E-state index contributed by atoms with van der Waals surface area (Å²) in [5, 5.41) is 4.09. The highest BCUT2D eigenvalue weighted by atomic mass is 32.2. The lowest BCUT2D eigenvalue weighted by atomic mass is 10.2. The third kappa shape index (κ3) is 3.44. The van der Waals surface area contributed by atoms with Gasteiger partial charge in [0.05, 0.1) is 24.3 Å². The van der Waals surface area contributed by atoms with Crippen molar-refractivity contribution in [2.75, 3.05) is 10.5 Å². The second-order valence-electron chi connectivity index (χ2n) is 4.73. The number of nitrogen functional groups attached to an aromatic ring is 1. The second kappa shape index (κ2) is 5.45. The average molecular weight is 296 g/mol. The minimum Gasteiger partial charge on any atom is -0.368 e. The number of anilines is 2. The van der Waals surface area contributed by atoms with Crippen LogP contribution in [0.15, 0.2) is 29.7 Å². The number of hydrogen-bond acceptors (Lipinski definition) is 6. The van der Waals surface area contributed by atoms with E-state index in [2.05, 4.69) is 33.6 Å². The van der Waals surface area contributed by atoms with Gasteiger partial charge in [-0.1, -0.05) is 13.8 Å². The molecule has 0 saturated heterocycles. The molecule has 0 aliphatic heterocycles. The van der Waals surface area contributed by atoms with Crippen LogP contribution in [0, 0.1) is 5.92 Å². The highest BCUT2D eigenvalue weighted by Gasteiger charge is 2.16. The Morgan fingerprint density at radius 2 is 1.95 bits per heavy atom. The molecule has 0 saturated carbocycles. The van der Waals surface area contributed by atoms with E-state index in [9.17, 15) is 8.42 Å². The topological polar surface area (TPSA) is 116 Å². The first-order valence-electron chi connectivity index (χ1n) is 5.99. The van der Waals surface area contributed by atoms with Crippen LogP contribution in [0.1, 0.15) is 13.8 Å². The Hall–Kier alpha value is -2.16. The van der Waals surface area contributed by atoms with Gasteiger partial charge in [-0.15, -0.1) is 0 Å². The zero-order valence-corrected chi connectivity index (χ0v) is 12.0. The van der Waals surface area contributed by atoms with Crippen LogP contribution < -0.4 is 10.5 Å². The summed E-state index contributed by atoms with van der Waals surface area (Å²) < 4.78 is 28.2. The smallest absolute Gasteiger partial charge is 0.265 e. The van der Waals surface area contributed by atoms with Crippen LogP contribution in [0.3, 0.4) is 0 Å². The van der Waals surface area contributed by atoms with Gasteiger partial charge in [-0.05, 0) is 5.92 Å². The molecule has 0 fully saturated rings. The molecule has 3 N–H and O–H groups in total. The fourth-order valence-electron chi connectivity index (χ4n) is 1.57. The molecule has 8 nitrogen and oxygen atoms in total. The summed E-state index contributed by atoms with van der Waals surface area (Å²) in [5.41, 5.74) is 5.71. The van der Waals surface area contributed by atoms with Crippen molar-refractivity contribution in [3.05, 3.63) is 24.8 Å². The van der Waals surface area contributed by atoms with Crippen LogP contribution in [0.2, 0.25) is 0 Å². The molecular formula is C11H16N6O2S. The van der Waals surface area contributed by atoms with E-state index in [0.717, 1.165) is 12.4 Å². The Bertz CT molecular complexity index is 677. The van der Waals surface area contributed by atoms with E-state index in [0.29, 0.717) is 18.2 Å². The number of hydrogen-bond donors (Lipinski definition) is 2. The van der Waals surface area contributed by atoms with Gasteiger partial charge in [-0.3, -0.25) is 9.40 Å². The lowest BCUT2D eigenvalue weighted by Crippen LogP contribution is -2.13. The third-order valence-electron chi connectivity index (χ3n) is 2.40. The van der Waals surface area contributed by atoms with Gasteiger partial charge in [-0.2, -0.15) is 5.10 Å². The van der Waals surface area contributed by atoms with Crippen LogP contribution in [-0.4, -0.2) is 28.2 Å². The van der Waals surface area contributed by atoms with Gasteiger partial charge in [0.15, 0.2) is 0 Å². The molecule has 2 aromatic rings. The standard InChI is InChI=1S/C11H16N6O2S/c1-8(2)6-17-7-9(3-15-17)16-20(18,19)10-4-13-11(12)14-5-10/h3-5,7-8,16H,6H2,1-2H3,(H2,12,13,14). The summed E-state index contributed by atoms with van der Waals surface area (Å²) in [4.78, 5) is 7.26. The van der Waals surface area contributed by atoms with E-state index in [-0.39, 0.29) is 10.8 Å². The van der Waals surface area contributed by atoms with Crippen LogP contribution in [0.4, 0.5) is 11.6 Å². The van der Waals surface area contributed by atoms with E-state index < -0.39 is 10.0 Å². The first-order chi connectivity index (χ1) is 9.37. The number of nitrogens with two attached hydrogens (primary N) is 1. The first kappa shape index (κ1) is 14.3. The zero-order valence-electron chi connectivity index (χ0n) is 11.2. The van der Waals surface area contributed by atoms with Gasteiger partial charge in [0.25, 0.3) is 10.0 Å². The molecule has 0 aromatic carbocycles. The Labute approximate surface area is 117 Å². The first-order valence-corrected chi connectivity index (χ1v) is 7.48. The van der Waals surface area contributed by atoms with Crippen molar-refractivity contribution in [1.82, 2.24) is 19.7 Å². The molecule has 0 radical (unpaired) electrons. The molecule has 0 aliphatic rings. The van der Waals surface area contributed by atoms with Crippen LogP contribution >= 0.6 is 0 Å². The molecule has 0 aliphatic carbocycles. The van der Waals surface area contributed by atoms with Crippen molar-refractivity contribution in [2.45, 2.75) is 25.3 Å². The lowest BCUT2D eigenvalue weighted by molar-refractivity contribution is 0.483. The number of rotatable bonds is 5. The van der Waals surface area contributed by atoms with Crippen LogP contribution in [0.5, 0.6) is 0 Å². The maximum Gasteiger partial charge on any atom is 0.265 e. The van der Waals surface area contributed by atoms with Crippen molar-refractivity contribution in [2.24, 2.45) is 5.92 Å². The quantitative estimate of drug-likeness (QED) is 0.839. The summed E-state index contributed by atoms with van der Waals surface area (Å²) in [6.07, 6.45) is 5.40. The van der Waals surface area contributed by atoms with Crippen molar-refractivity contribution in [1.29, 1.82) is 0 Å². The predicted molar refractivity (Wildman–Crippen MR) is 74.3 cm³/mol. The normalized spacial score (nSPS) is 11.8. The van der Waals surface area contributed by atoms with Gasteiger partial charge in [0, 0.05) is 12.7 Å². The van der Waals surface area contributed by atoms with Crippen molar-refractivity contribution >= 4 is 21.7 Å². The number of nitrogens with zero attached hydrogens (tertiary/aromatic N) is 4. The SMILES string of the molecule is CC(C)Cn1cc(NS(=O)(=O)c2cnc(N)nc2)cn1. The maximum atomic E-state index is 12.1. The molecule has 0 unspecified atom stereocenters. The highest BCUT2D eigenvalue weighted by Crippen LogP contribution is 2.14. The molecule has 108 valence electrons. The van der Waals surface area contributed by atoms with E-state index in [4.69, 9.17) is 5.73 Å². The summed E-state index contributed by atoms with van der Waals surface area (Å²) in [6, 6.07) is 0. The highest BCUT2D eigenvalue weighted by molar-refractivity contribution is 7.92. The Morgan fingerprint density at radius 1 is 1.30 bits per heavy atom. The Kier molecular flexibility index (Phi) is 3.89. The van der Waals surface area contributed by atoms with Gasteiger partial charge in [0.1, 0.15) is 4.90 Å². The lowest BCUT2D eigenvalue weighted by Gasteiger charge is -2.05. The molecule has 0 atom stereocenters. The molecule has 9 heteroatoms. The molecule has 0 spiro atoms. The molecule has 2 rings (SSSR count). The maximum absolute atomic E-state index is 12.1. The molecule has 2 heterocycles. The molecule has 0 amide bonds.